The van der Waals surface area contributed by atoms with E-state index in [1.807, 2.05) is 26.0 Å². The summed E-state index contributed by atoms with van der Waals surface area (Å²) in [5, 5.41) is 3.24. The highest BCUT2D eigenvalue weighted by atomic mass is 16.5. The molecule has 2 heterocycles. The molecule has 1 aromatic heterocycles. The van der Waals surface area contributed by atoms with E-state index in [1.165, 1.54) is 6.42 Å². The molecule has 0 spiro atoms. The fourth-order valence-electron chi connectivity index (χ4n) is 3.40. The number of carbonyl (C=O) groups excluding carboxylic acids is 1. The number of pyridine rings is 1. The number of nitrogens with zero attached hydrogens (tertiary/aromatic N) is 2. The Morgan fingerprint density at radius 2 is 2.35 bits per heavy atom. The van der Waals surface area contributed by atoms with Gasteiger partial charge in [-0.25, -0.2) is 4.98 Å². The molecule has 1 unspecified atom stereocenters. The number of hydrogen-bond donors (Lipinski definition) is 1. The van der Waals surface area contributed by atoms with Crippen LogP contribution in [-0.2, 0) is 4.79 Å². The highest BCUT2D eigenvalue weighted by Gasteiger charge is 2.46. The van der Waals surface area contributed by atoms with E-state index in [4.69, 9.17) is 4.74 Å². The molecule has 0 radical (unpaired) electrons. The summed E-state index contributed by atoms with van der Waals surface area (Å²) in [6.07, 6.45) is 6.00. The Bertz CT molecular complexity index is 571. The van der Waals surface area contributed by atoms with E-state index in [9.17, 15) is 4.79 Å². The van der Waals surface area contributed by atoms with Crippen LogP contribution in [0.15, 0.2) is 18.3 Å². The van der Waals surface area contributed by atoms with Crippen molar-refractivity contribution in [3.63, 3.8) is 0 Å². The number of aromatic nitrogens is 1. The Labute approximate surface area is 138 Å². The third kappa shape index (κ3) is 3.66. The summed E-state index contributed by atoms with van der Waals surface area (Å²) in [6.45, 7) is 5.62. The number of rotatable bonds is 6. The van der Waals surface area contributed by atoms with Crippen molar-refractivity contribution >= 4 is 5.91 Å². The molecule has 1 saturated carbocycles. The smallest absolute Gasteiger partial charge is 0.224 e. The molecule has 1 aliphatic carbocycles. The van der Waals surface area contributed by atoms with Crippen molar-refractivity contribution in [2.75, 3.05) is 20.2 Å². The van der Waals surface area contributed by atoms with Crippen LogP contribution in [-0.4, -0.2) is 47.6 Å². The minimum atomic E-state index is -0.188. The summed E-state index contributed by atoms with van der Waals surface area (Å²) < 4.78 is 5.86. The topological polar surface area (TPSA) is 54.5 Å². The second-order valence-electron chi connectivity index (χ2n) is 7.16. The summed E-state index contributed by atoms with van der Waals surface area (Å²) >= 11 is 0. The first kappa shape index (κ1) is 16.2. The van der Waals surface area contributed by atoms with E-state index in [-0.39, 0.29) is 17.4 Å². The summed E-state index contributed by atoms with van der Waals surface area (Å²) in [5.41, 5.74) is 0.836. The Morgan fingerprint density at radius 1 is 1.57 bits per heavy atom. The van der Waals surface area contributed by atoms with Crippen LogP contribution in [0.4, 0.5) is 0 Å². The molecule has 2 fully saturated rings. The first-order valence-corrected chi connectivity index (χ1v) is 8.57. The van der Waals surface area contributed by atoms with Gasteiger partial charge in [-0.1, -0.05) is 13.0 Å². The largest absolute Gasteiger partial charge is 0.475 e. The standard InChI is InChI=1S/C18H27N3O2/c1-13-6-4-10-19-17(13)23-12-18(8-9-18)20-16(22)14(2)15-7-5-11-21(15)3/h4,6,10,14-15H,5,7-9,11-12H2,1-3H3,(H,20,22)/t14?,15-/m1/s1. The number of aryl methyl sites for hydroxylation is 1. The lowest BCUT2D eigenvalue weighted by molar-refractivity contribution is -0.127. The van der Waals surface area contributed by atoms with Gasteiger partial charge < -0.3 is 15.0 Å². The van der Waals surface area contributed by atoms with Crippen LogP contribution < -0.4 is 10.1 Å². The molecule has 23 heavy (non-hydrogen) atoms. The maximum Gasteiger partial charge on any atom is 0.224 e. The summed E-state index contributed by atoms with van der Waals surface area (Å²) in [5.74, 6) is 0.843. The van der Waals surface area contributed by atoms with Crippen molar-refractivity contribution < 1.29 is 9.53 Å². The minimum absolute atomic E-state index is 0.0246. The SMILES string of the molecule is Cc1cccnc1OCC1(NC(=O)C(C)[C@H]2CCCN2C)CC1. The Kier molecular flexibility index (Phi) is 4.57. The third-order valence-corrected chi connectivity index (χ3v) is 5.26. The lowest BCUT2D eigenvalue weighted by Crippen LogP contribution is -2.48. The van der Waals surface area contributed by atoms with Gasteiger partial charge in [-0.05, 0) is 52.3 Å². The fraction of sp³-hybridized carbons (Fsp3) is 0.667. The molecular weight excluding hydrogens is 290 g/mol. The number of likely N-dealkylation sites (tertiary alicyclic amines) is 1. The van der Waals surface area contributed by atoms with Gasteiger partial charge in [0.1, 0.15) is 6.61 Å². The van der Waals surface area contributed by atoms with Crippen LogP contribution in [0, 0.1) is 12.8 Å². The molecule has 0 aromatic carbocycles. The second-order valence-corrected chi connectivity index (χ2v) is 7.16. The van der Waals surface area contributed by atoms with Crippen LogP contribution in [0.25, 0.3) is 0 Å². The van der Waals surface area contributed by atoms with E-state index in [0.717, 1.165) is 31.4 Å². The fourth-order valence-corrected chi connectivity index (χ4v) is 3.40. The minimum Gasteiger partial charge on any atom is -0.475 e. The average Bonchev–Trinajstić information content (AvgIpc) is 3.16. The highest BCUT2D eigenvalue weighted by molar-refractivity contribution is 5.80. The van der Waals surface area contributed by atoms with E-state index in [2.05, 4.69) is 22.2 Å². The first-order chi connectivity index (χ1) is 11.0. The molecule has 2 atom stereocenters. The number of nitrogens with one attached hydrogen (secondary N) is 1. The molecule has 1 aliphatic heterocycles. The average molecular weight is 317 g/mol. The van der Waals surface area contributed by atoms with Crippen molar-refractivity contribution in [1.82, 2.24) is 15.2 Å². The molecular formula is C18H27N3O2. The molecule has 126 valence electrons. The van der Waals surface area contributed by atoms with Crippen molar-refractivity contribution in [3.05, 3.63) is 23.9 Å². The number of amides is 1. The van der Waals surface area contributed by atoms with Crippen molar-refractivity contribution in [2.45, 2.75) is 51.1 Å². The van der Waals surface area contributed by atoms with Crippen molar-refractivity contribution in [2.24, 2.45) is 5.92 Å². The van der Waals surface area contributed by atoms with Crippen LogP contribution in [0.3, 0.4) is 0 Å². The molecule has 1 saturated heterocycles. The van der Waals surface area contributed by atoms with Gasteiger partial charge in [0.15, 0.2) is 0 Å². The van der Waals surface area contributed by atoms with Gasteiger partial charge in [-0.15, -0.1) is 0 Å². The lowest BCUT2D eigenvalue weighted by atomic mass is 9.98. The van der Waals surface area contributed by atoms with Crippen LogP contribution >= 0.6 is 0 Å². The first-order valence-electron chi connectivity index (χ1n) is 8.57. The molecule has 0 bridgehead atoms. The quantitative estimate of drug-likeness (QED) is 0.873. The molecule has 1 amide bonds. The lowest BCUT2D eigenvalue weighted by Gasteiger charge is -2.27. The summed E-state index contributed by atoms with van der Waals surface area (Å²) in [6, 6.07) is 4.25. The predicted octanol–water partition coefficient (Wildman–Crippen LogP) is 2.15. The number of ether oxygens (including phenoxy) is 1. The monoisotopic (exact) mass is 317 g/mol. The van der Waals surface area contributed by atoms with Gasteiger partial charge in [0.25, 0.3) is 0 Å². The van der Waals surface area contributed by atoms with Crippen LogP contribution in [0.5, 0.6) is 5.88 Å². The zero-order valence-electron chi connectivity index (χ0n) is 14.3. The van der Waals surface area contributed by atoms with Crippen molar-refractivity contribution in [3.8, 4) is 5.88 Å². The second kappa shape index (κ2) is 6.48. The number of hydrogen-bond acceptors (Lipinski definition) is 4. The zero-order valence-corrected chi connectivity index (χ0v) is 14.3. The van der Waals surface area contributed by atoms with E-state index >= 15 is 0 Å². The predicted molar refractivity (Wildman–Crippen MR) is 89.4 cm³/mol. The molecule has 3 rings (SSSR count). The van der Waals surface area contributed by atoms with E-state index in [0.29, 0.717) is 18.5 Å². The van der Waals surface area contributed by atoms with Crippen molar-refractivity contribution in [1.29, 1.82) is 0 Å². The van der Waals surface area contributed by atoms with E-state index < -0.39 is 0 Å². The maximum atomic E-state index is 12.6. The Morgan fingerprint density at radius 3 is 2.96 bits per heavy atom. The van der Waals surface area contributed by atoms with E-state index in [1.54, 1.807) is 6.20 Å². The normalized spacial score (nSPS) is 24.2. The molecule has 1 N–H and O–H groups in total. The molecule has 5 nitrogen and oxygen atoms in total. The Hall–Kier alpha value is -1.62. The Balaban J connectivity index is 1.54. The van der Waals surface area contributed by atoms with Gasteiger partial charge in [0, 0.05) is 17.8 Å². The van der Waals surface area contributed by atoms with Gasteiger partial charge in [0.2, 0.25) is 11.8 Å². The molecule has 2 aliphatic rings. The highest BCUT2D eigenvalue weighted by Crippen LogP contribution is 2.37. The van der Waals surface area contributed by atoms with Crippen LogP contribution in [0.2, 0.25) is 0 Å². The maximum absolute atomic E-state index is 12.6. The van der Waals surface area contributed by atoms with Gasteiger partial charge in [-0.2, -0.15) is 0 Å². The zero-order chi connectivity index (χ0) is 16.4. The molecule has 5 heteroatoms. The van der Waals surface area contributed by atoms with Gasteiger partial charge >= 0.3 is 0 Å². The van der Waals surface area contributed by atoms with Gasteiger partial charge in [0.05, 0.1) is 11.5 Å². The van der Waals surface area contributed by atoms with Gasteiger partial charge in [-0.3, -0.25) is 4.79 Å². The molecule has 1 aromatic rings. The third-order valence-electron chi connectivity index (χ3n) is 5.26. The van der Waals surface area contributed by atoms with Crippen LogP contribution in [0.1, 0.15) is 38.2 Å². The number of carbonyl (C=O) groups is 1. The summed E-state index contributed by atoms with van der Waals surface area (Å²) in [7, 11) is 2.11. The summed E-state index contributed by atoms with van der Waals surface area (Å²) in [4.78, 5) is 19.2.